The minimum absolute atomic E-state index is 0.00933. The first-order valence-electron chi connectivity index (χ1n) is 15.3. The van der Waals surface area contributed by atoms with Crippen molar-refractivity contribution in [3.63, 3.8) is 0 Å². The lowest BCUT2D eigenvalue weighted by Crippen LogP contribution is -2.69. The third kappa shape index (κ3) is 4.42. The molecule has 6 aliphatic rings. The van der Waals surface area contributed by atoms with Crippen LogP contribution in [0.4, 0.5) is 0 Å². The molecule has 5 fully saturated rings. The number of carbonyl (C=O) groups excluding carboxylic acids is 1. The van der Waals surface area contributed by atoms with Crippen molar-refractivity contribution in [1.82, 2.24) is 0 Å². The van der Waals surface area contributed by atoms with E-state index in [1.54, 1.807) is 13.0 Å². The summed E-state index contributed by atoms with van der Waals surface area (Å²) >= 11 is 0. The predicted molar refractivity (Wildman–Crippen MR) is 146 cm³/mol. The fraction of sp³-hybridized carbons (Fsp3) is 0.839. The lowest BCUT2D eigenvalue weighted by molar-refractivity contribution is -0.282. The average molecular weight is 573 g/mol. The van der Waals surface area contributed by atoms with Gasteiger partial charge in [0.1, 0.15) is 19.3 Å². The van der Waals surface area contributed by atoms with Gasteiger partial charge in [0.2, 0.25) is 0 Å². The number of ether oxygens (including phenoxy) is 3. The van der Waals surface area contributed by atoms with Crippen molar-refractivity contribution in [2.24, 2.45) is 33.6 Å². The number of hydrogen-bond donors (Lipinski definition) is 4. The number of fused-ring (bicyclic) bond motifs is 5. The summed E-state index contributed by atoms with van der Waals surface area (Å²) in [5.41, 5.74) is -2.19. The highest BCUT2D eigenvalue weighted by Gasteiger charge is 2.71. The van der Waals surface area contributed by atoms with E-state index in [2.05, 4.69) is 18.0 Å². The van der Waals surface area contributed by atoms with Gasteiger partial charge in [-0.3, -0.25) is 4.99 Å². The normalized spacial score (nSPS) is 51.3. The summed E-state index contributed by atoms with van der Waals surface area (Å²) in [5.74, 6) is -0.282. The van der Waals surface area contributed by atoms with Crippen molar-refractivity contribution in [1.29, 1.82) is 5.26 Å². The number of aliphatic imine (C=N–C) groups is 1. The number of rotatable bonds is 5. The van der Waals surface area contributed by atoms with Crippen molar-refractivity contribution >= 4 is 12.2 Å². The number of hydrogen-bond acceptors (Lipinski definition) is 10. The van der Waals surface area contributed by atoms with Crippen molar-refractivity contribution in [2.45, 2.75) is 120 Å². The van der Waals surface area contributed by atoms with Gasteiger partial charge in [-0.2, -0.15) is 5.26 Å². The Morgan fingerprint density at radius 2 is 1.93 bits per heavy atom. The van der Waals surface area contributed by atoms with E-state index in [9.17, 15) is 30.5 Å². The van der Waals surface area contributed by atoms with Gasteiger partial charge in [0.25, 0.3) is 0 Å². The third-order valence-electron chi connectivity index (χ3n) is 12.1. The molecule has 0 amide bonds. The minimum Gasteiger partial charge on any atom is -0.458 e. The molecule has 0 unspecified atom stereocenters. The average Bonchev–Trinajstić information content (AvgIpc) is 3.47. The predicted octanol–water partition coefficient (Wildman–Crippen LogP) is 2.17. The Bertz CT molecular complexity index is 1140. The van der Waals surface area contributed by atoms with Crippen molar-refractivity contribution < 1.29 is 39.4 Å². The largest absolute Gasteiger partial charge is 0.458 e. The molecule has 10 nitrogen and oxygen atoms in total. The van der Waals surface area contributed by atoms with Crippen LogP contribution in [-0.2, 0) is 19.0 Å². The standard InChI is InChI=1S/C31H44N2O8/c1-18-27(36)24(34)14-26(40-18)41-20-3-8-29(17-33-12-11-32)22-4-7-28(2)21(19-13-25(35)39-16-19)6-10-31(28,38)23(22)5-9-30(29,37)15-20/h13,17-18,20-24,26-27,34,36-38H,3-10,12,14-16H2,1-2H3/t18-,20-,21-,22+,23-,24-,26+,27+,28-,29+,30+,31-/m1/s1. The van der Waals surface area contributed by atoms with E-state index in [1.807, 2.05) is 6.21 Å². The second-order valence-corrected chi connectivity index (χ2v) is 13.8. The zero-order valence-corrected chi connectivity index (χ0v) is 24.1. The van der Waals surface area contributed by atoms with Gasteiger partial charge >= 0.3 is 5.97 Å². The van der Waals surface area contributed by atoms with Crippen LogP contribution < -0.4 is 0 Å². The van der Waals surface area contributed by atoms with E-state index in [4.69, 9.17) is 14.2 Å². The van der Waals surface area contributed by atoms with Crippen LogP contribution in [0.3, 0.4) is 0 Å². The summed E-state index contributed by atoms with van der Waals surface area (Å²) in [5, 5.41) is 54.5. The molecule has 41 heavy (non-hydrogen) atoms. The van der Waals surface area contributed by atoms with Gasteiger partial charge in [0, 0.05) is 36.0 Å². The smallest absolute Gasteiger partial charge is 0.331 e. The van der Waals surface area contributed by atoms with E-state index in [0.29, 0.717) is 45.1 Å². The molecule has 0 radical (unpaired) electrons. The van der Waals surface area contributed by atoms with Gasteiger partial charge in [-0.25, -0.2) is 4.79 Å². The van der Waals surface area contributed by atoms with Crippen LogP contribution in [0.25, 0.3) is 0 Å². The summed E-state index contributed by atoms with van der Waals surface area (Å²) in [6.45, 7) is 4.19. The van der Waals surface area contributed by atoms with Gasteiger partial charge in [-0.05, 0) is 81.6 Å². The second kappa shape index (κ2) is 10.4. The van der Waals surface area contributed by atoms with Crippen LogP contribution in [-0.4, -0.2) is 87.7 Å². The summed E-state index contributed by atoms with van der Waals surface area (Å²) < 4.78 is 17.3. The Hall–Kier alpha value is -1.87. The molecule has 4 N–H and O–H groups in total. The number of cyclic esters (lactones) is 1. The Balaban J connectivity index is 1.26. The highest BCUT2D eigenvalue weighted by atomic mass is 16.7. The first-order chi connectivity index (χ1) is 19.5. The highest BCUT2D eigenvalue weighted by molar-refractivity contribution is 5.85. The van der Waals surface area contributed by atoms with Crippen LogP contribution in [0.5, 0.6) is 0 Å². The molecular weight excluding hydrogens is 528 g/mol. The molecule has 10 heteroatoms. The molecule has 0 spiro atoms. The number of carbonyl (C=O) groups is 1. The van der Waals surface area contributed by atoms with E-state index < -0.39 is 46.6 Å². The Morgan fingerprint density at radius 3 is 2.63 bits per heavy atom. The van der Waals surface area contributed by atoms with Crippen molar-refractivity contribution in [3.8, 4) is 6.07 Å². The Morgan fingerprint density at radius 1 is 1.15 bits per heavy atom. The molecule has 2 heterocycles. The van der Waals surface area contributed by atoms with Crippen LogP contribution >= 0.6 is 0 Å². The topological polar surface area (TPSA) is 162 Å². The molecule has 4 aliphatic carbocycles. The monoisotopic (exact) mass is 572 g/mol. The van der Waals surface area contributed by atoms with E-state index in [-0.39, 0.29) is 42.8 Å². The molecule has 0 aromatic heterocycles. The Kier molecular flexibility index (Phi) is 7.40. The fourth-order valence-electron chi connectivity index (χ4n) is 10.0. The van der Waals surface area contributed by atoms with Gasteiger partial charge in [-0.15, -0.1) is 0 Å². The molecule has 12 atom stereocenters. The highest BCUT2D eigenvalue weighted by Crippen LogP contribution is 2.70. The summed E-state index contributed by atoms with van der Waals surface area (Å²) in [6, 6.07) is 2.09. The quantitative estimate of drug-likeness (QED) is 0.167. The van der Waals surface area contributed by atoms with Gasteiger partial charge in [-0.1, -0.05) is 6.92 Å². The van der Waals surface area contributed by atoms with Crippen LogP contribution in [0.15, 0.2) is 16.6 Å². The Labute approximate surface area is 241 Å². The lowest BCUT2D eigenvalue weighted by atomic mass is 9.41. The molecule has 226 valence electrons. The van der Waals surface area contributed by atoms with Crippen molar-refractivity contribution in [3.05, 3.63) is 11.6 Å². The maximum absolute atomic E-state index is 12.5. The van der Waals surface area contributed by atoms with Crippen LogP contribution in [0.1, 0.15) is 78.1 Å². The molecule has 4 saturated carbocycles. The molecule has 0 aromatic carbocycles. The lowest BCUT2D eigenvalue weighted by Gasteiger charge is -2.66. The zero-order valence-electron chi connectivity index (χ0n) is 24.1. The van der Waals surface area contributed by atoms with Gasteiger partial charge in [0.05, 0.1) is 35.6 Å². The number of aliphatic hydroxyl groups excluding tert-OH is 2. The number of esters is 1. The van der Waals surface area contributed by atoms with E-state index in [1.165, 1.54) is 0 Å². The zero-order chi connectivity index (χ0) is 29.2. The molecule has 1 saturated heterocycles. The van der Waals surface area contributed by atoms with Crippen molar-refractivity contribution in [2.75, 3.05) is 13.2 Å². The minimum atomic E-state index is -1.13. The molecule has 0 bridgehead atoms. The number of aliphatic hydroxyl groups is 4. The first-order valence-corrected chi connectivity index (χ1v) is 15.3. The summed E-state index contributed by atoms with van der Waals surface area (Å²) in [4.78, 5) is 16.4. The molecule has 0 aromatic rings. The third-order valence-corrected chi connectivity index (χ3v) is 12.1. The molecular formula is C31H44N2O8. The maximum Gasteiger partial charge on any atom is 0.331 e. The maximum atomic E-state index is 12.5. The number of nitrogens with zero attached hydrogens (tertiary/aromatic N) is 2. The van der Waals surface area contributed by atoms with E-state index >= 15 is 0 Å². The van der Waals surface area contributed by atoms with Crippen LogP contribution in [0, 0.1) is 39.9 Å². The van der Waals surface area contributed by atoms with Gasteiger partial charge < -0.3 is 34.6 Å². The molecule has 6 rings (SSSR count). The van der Waals surface area contributed by atoms with Gasteiger partial charge in [0.15, 0.2) is 6.29 Å². The SMILES string of the molecule is C[C@H]1O[C@@H](O[C@@H]2CC[C@]3(C=NCC#N)[C@H]4CC[C@]5(C)[C@@H](C6=CC(=O)OC6)CC[C@@]5(O)[C@@H]4CC[C@]3(O)C2)C[C@@H](O)[C@H]1O. The van der Waals surface area contributed by atoms with E-state index in [0.717, 1.165) is 24.8 Å². The second-order valence-electron chi connectivity index (χ2n) is 13.8. The summed E-state index contributed by atoms with van der Waals surface area (Å²) in [6.07, 6.45) is 5.97. The number of nitriles is 1. The summed E-state index contributed by atoms with van der Waals surface area (Å²) in [7, 11) is 0. The first kappa shape index (κ1) is 29.2. The van der Waals surface area contributed by atoms with Crippen LogP contribution in [0.2, 0.25) is 0 Å². The fourth-order valence-corrected chi connectivity index (χ4v) is 10.0. The molecule has 2 aliphatic heterocycles.